The molecule has 2 aromatic rings. The van der Waals surface area contributed by atoms with E-state index in [-0.39, 0.29) is 18.1 Å². The highest BCUT2D eigenvalue weighted by atomic mass is 35.5. The van der Waals surface area contributed by atoms with Gasteiger partial charge in [-0.15, -0.1) is 0 Å². The first-order valence-electron chi connectivity index (χ1n) is 8.35. The van der Waals surface area contributed by atoms with Crippen LogP contribution in [0.25, 0.3) is 0 Å². The zero-order chi connectivity index (χ0) is 19.1. The first kappa shape index (κ1) is 19.8. The van der Waals surface area contributed by atoms with Gasteiger partial charge >= 0.3 is 0 Å². The monoisotopic (exact) mass is 374 g/mol. The minimum Gasteiger partial charge on any atom is -0.497 e. The van der Waals surface area contributed by atoms with E-state index in [1.54, 1.807) is 43.5 Å². The van der Waals surface area contributed by atoms with Crippen LogP contribution in [0.4, 0.5) is 11.4 Å². The Kier molecular flexibility index (Phi) is 7.04. The van der Waals surface area contributed by atoms with Gasteiger partial charge in [0.05, 0.1) is 23.5 Å². The number of amides is 1. The number of hydrogen-bond acceptors (Lipinski definition) is 4. The van der Waals surface area contributed by atoms with E-state index in [4.69, 9.17) is 16.3 Å². The van der Waals surface area contributed by atoms with Crippen LogP contribution in [0.2, 0.25) is 5.02 Å². The summed E-state index contributed by atoms with van der Waals surface area (Å²) >= 11 is 6.20. The largest absolute Gasteiger partial charge is 0.497 e. The van der Waals surface area contributed by atoms with E-state index in [0.29, 0.717) is 34.9 Å². The Morgan fingerprint density at radius 3 is 2.38 bits per heavy atom. The molecule has 1 N–H and O–H groups in total. The van der Waals surface area contributed by atoms with Crippen molar-refractivity contribution < 1.29 is 14.3 Å². The van der Waals surface area contributed by atoms with Crippen molar-refractivity contribution in [3.8, 4) is 5.75 Å². The Morgan fingerprint density at radius 2 is 1.77 bits per heavy atom. The number of methoxy groups -OCH3 is 1. The summed E-state index contributed by atoms with van der Waals surface area (Å²) in [7, 11) is 5.31. The molecule has 0 heterocycles. The Balaban J connectivity index is 1.87. The average Bonchev–Trinajstić information content (AvgIpc) is 2.61. The number of Topliss-reactive ketones (excluding diaryl/α,β-unsaturated/α-hetero) is 1. The standard InChI is InChI=1S/C20H23ClN2O3/c1-23(2)20-16(21)6-4-7-17(20)22-19(25)9-5-8-18(24)14-10-12-15(26-3)13-11-14/h4,6-7,10-13H,5,8-9H2,1-3H3,(H,22,25). The lowest BCUT2D eigenvalue weighted by Crippen LogP contribution is -2.17. The number of nitrogens with one attached hydrogen (secondary N) is 1. The van der Waals surface area contributed by atoms with Gasteiger partial charge < -0.3 is 15.0 Å². The molecule has 0 saturated heterocycles. The van der Waals surface area contributed by atoms with Gasteiger partial charge in [0.15, 0.2) is 5.78 Å². The van der Waals surface area contributed by atoms with E-state index in [1.165, 1.54) is 0 Å². The van der Waals surface area contributed by atoms with E-state index < -0.39 is 0 Å². The molecule has 138 valence electrons. The van der Waals surface area contributed by atoms with Crippen LogP contribution in [0.3, 0.4) is 0 Å². The van der Waals surface area contributed by atoms with Gasteiger partial charge in [0.1, 0.15) is 5.75 Å². The van der Waals surface area contributed by atoms with Crippen molar-refractivity contribution in [1.29, 1.82) is 0 Å². The third kappa shape index (κ3) is 5.23. The summed E-state index contributed by atoms with van der Waals surface area (Å²) in [6.07, 6.45) is 1.06. The van der Waals surface area contributed by atoms with Crippen LogP contribution in [-0.4, -0.2) is 32.9 Å². The molecule has 0 bridgehead atoms. The Labute approximate surface area is 158 Å². The van der Waals surface area contributed by atoms with E-state index in [1.807, 2.05) is 25.1 Å². The lowest BCUT2D eigenvalue weighted by Gasteiger charge is -2.19. The molecule has 0 aliphatic rings. The number of carbonyl (C=O) groups excluding carboxylic acids is 2. The van der Waals surface area contributed by atoms with Crippen LogP contribution in [0, 0.1) is 0 Å². The number of ketones is 1. The highest BCUT2D eigenvalue weighted by Gasteiger charge is 2.13. The number of para-hydroxylation sites is 1. The van der Waals surface area contributed by atoms with Crippen molar-refractivity contribution in [1.82, 2.24) is 0 Å². The minimum atomic E-state index is -0.141. The van der Waals surface area contributed by atoms with Crippen molar-refractivity contribution in [2.24, 2.45) is 0 Å². The molecule has 26 heavy (non-hydrogen) atoms. The van der Waals surface area contributed by atoms with Crippen molar-refractivity contribution in [2.75, 3.05) is 31.4 Å². The highest BCUT2D eigenvalue weighted by molar-refractivity contribution is 6.34. The Morgan fingerprint density at radius 1 is 1.08 bits per heavy atom. The third-order valence-corrected chi connectivity index (χ3v) is 4.23. The minimum absolute atomic E-state index is 0.0113. The number of ether oxygens (including phenoxy) is 1. The number of benzene rings is 2. The molecular weight excluding hydrogens is 352 g/mol. The average molecular weight is 375 g/mol. The summed E-state index contributed by atoms with van der Waals surface area (Å²) in [6, 6.07) is 12.3. The molecule has 1 amide bonds. The first-order valence-corrected chi connectivity index (χ1v) is 8.73. The first-order chi connectivity index (χ1) is 12.4. The number of rotatable bonds is 8. The summed E-state index contributed by atoms with van der Waals surface area (Å²) in [5, 5.41) is 3.44. The number of anilines is 2. The van der Waals surface area contributed by atoms with Gasteiger partial charge in [0.25, 0.3) is 0 Å². The molecule has 0 aromatic heterocycles. The third-order valence-electron chi connectivity index (χ3n) is 3.93. The van der Waals surface area contributed by atoms with Crippen molar-refractivity contribution in [3.05, 3.63) is 53.1 Å². The molecule has 2 aromatic carbocycles. The second kappa shape index (κ2) is 9.25. The van der Waals surface area contributed by atoms with E-state index in [9.17, 15) is 9.59 Å². The van der Waals surface area contributed by atoms with Crippen LogP contribution in [-0.2, 0) is 4.79 Å². The second-order valence-corrected chi connectivity index (χ2v) is 6.49. The van der Waals surface area contributed by atoms with Crippen molar-refractivity contribution >= 4 is 34.7 Å². The zero-order valence-electron chi connectivity index (χ0n) is 15.2. The van der Waals surface area contributed by atoms with Crippen LogP contribution in [0.5, 0.6) is 5.75 Å². The normalized spacial score (nSPS) is 10.3. The van der Waals surface area contributed by atoms with Crippen molar-refractivity contribution in [3.63, 3.8) is 0 Å². The molecule has 5 nitrogen and oxygen atoms in total. The lowest BCUT2D eigenvalue weighted by atomic mass is 10.1. The molecule has 2 rings (SSSR count). The maximum absolute atomic E-state index is 12.2. The summed E-state index contributed by atoms with van der Waals surface area (Å²) < 4.78 is 5.08. The maximum atomic E-state index is 12.2. The quantitative estimate of drug-likeness (QED) is 0.695. The van der Waals surface area contributed by atoms with Crippen LogP contribution in [0.15, 0.2) is 42.5 Å². The van der Waals surface area contributed by atoms with Gasteiger partial charge in [0, 0.05) is 32.5 Å². The molecule has 0 saturated carbocycles. The summed E-state index contributed by atoms with van der Waals surface area (Å²) in [5.41, 5.74) is 2.04. The number of carbonyl (C=O) groups is 2. The van der Waals surface area contributed by atoms with Crippen molar-refractivity contribution in [2.45, 2.75) is 19.3 Å². The molecule has 0 aliphatic heterocycles. The maximum Gasteiger partial charge on any atom is 0.224 e. The topological polar surface area (TPSA) is 58.6 Å². The van der Waals surface area contributed by atoms with Gasteiger partial charge in [-0.3, -0.25) is 9.59 Å². The summed E-state index contributed by atoms with van der Waals surface area (Å²) in [4.78, 5) is 26.2. The fraction of sp³-hybridized carbons (Fsp3) is 0.300. The van der Waals surface area contributed by atoms with Crippen LogP contribution < -0.4 is 15.0 Å². The molecular formula is C20H23ClN2O3. The van der Waals surface area contributed by atoms with Gasteiger partial charge in [0.2, 0.25) is 5.91 Å². The summed E-state index contributed by atoms with van der Waals surface area (Å²) in [5.74, 6) is 0.578. The molecule has 0 fully saturated rings. The highest BCUT2D eigenvalue weighted by Crippen LogP contribution is 2.32. The predicted octanol–water partition coefficient (Wildman–Crippen LogP) is 4.41. The zero-order valence-corrected chi connectivity index (χ0v) is 16.0. The molecule has 0 spiro atoms. The number of halogens is 1. The van der Waals surface area contributed by atoms with Crippen LogP contribution in [0.1, 0.15) is 29.6 Å². The molecule has 0 unspecified atom stereocenters. The van der Waals surface area contributed by atoms with Gasteiger partial charge in [-0.25, -0.2) is 0 Å². The fourth-order valence-corrected chi connectivity index (χ4v) is 2.96. The molecule has 6 heteroatoms. The van der Waals surface area contributed by atoms with E-state index in [2.05, 4.69) is 5.32 Å². The SMILES string of the molecule is COc1ccc(C(=O)CCCC(=O)Nc2cccc(Cl)c2N(C)C)cc1. The van der Waals surface area contributed by atoms with Gasteiger partial charge in [-0.2, -0.15) is 0 Å². The Hall–Kier alpha value is -2.53. The van der Waals surface area contributed by atoms with Crippen LogP contribution >= 0.6 is 11.6 Å². The molecule has 0 radical (unpaired) electrons. The smallest absolute Gasteiger partial charge is 0.224 e. The molecule has 0 aliphatic carbocycles. The Bertz CT molecular complexity index is 773. The fourth-order valence-electron chi connectivity index (χ4n) is 2.61. The lowest BCUT2D eigenvalue weighted by molar-refractivity contribution is -0.116. The number of nitrogens with zero attached hydrogens (tertiary/aromatic N) is 1. The summed E-state index contributed by atoms with van der Waals surface area (Å²) in [6.45, 7) is 0. The second-order valence-electron chi connectivity index (χ2n) is 6.08. The number of hydrogen-bond donors (Lipinski definition) is 1. The van der Waals surface area contributed by atoms with Gasteiger partial charge in [-0.1, -0.05) is 17.7 Å². The predicted molar refractivity (Wildman–Crippen MR) is 106 cm³/mol. The molecule has 0 atom stereocenters. The van der Waals surface area contributed by atoms with E-state index in [0.717, 1.165) is 5.69 Å². The van der Waals surface area contributed by atoms with E-state index >= 15 is 0 Å². The van der Waals surface area contributed by atoms with Gasteiger partial charge in [-0.05, 0) is 42.8 Å².